The number of unbranched alkanes of at least 4 members (excludes halogenated alkanes) is 1. The maximum atomic E-state index is 12.6. The van der Waals surface area contributed by atoms with Gasteiger partial charge in [0.2, 0.25) is 9.84 Å². The number of H-pyrrole nitrogens is 1. The number of hydrogen-bond acceptors (Lipinski definition) is 3. The molecule has 0 amide bonds. The monoisotopic (exact) mass is 320 g/mol. The first kappa shape index (κ1) is 16.7. The topological polar surface area (TPSA) is 62.8 Å². The molecule has 1 heterocycles. The second kappa shape index (κ2) is 7.09. The average Bonchev–Trinajstić information content (AvgIpc) is 2.99. The molecule has 2 aromatic rings. The van der Waals surface area contributed by atoms with Crippen molar-refractivity contribution in [1.29, 1.82) is 0 Å². The van der Waals surface area contributed by atoms with E-state index in [0.717, 1.165) is 37.1 Å². The highest BCUT2D eigenvalue weighted by molar-refractivity contribution is 7.91. The fraction of sp³-hybridized carbons (Fsp3) is 0.471. The van der Waals surface area contributed by atoms with Crippen LogP contribution in [-0.2, 0) is 9.84 Å². The van der Waals surface area contributed by atoms with Gasteiger partial charge in [0.15, 0.2) is 5.03 Å². The fourth-order valence-electron chi connectivity index (χ4n) is 2.49. The van der Waals surface area contributed by atoms with Gasteiger partial charge >= 0.3 is 0 Å². The van der Waals surface area contributed by atoms with Crippen molar-refractivity contribution in [3.8, 4) is 0 Å². The van der Waals surface area contributed by atoms with Gasteiger partial charge in [0.1, 0.15) is 5.82 Å². The number of hydrogen-bond donors (Lipinski definition) is 1. The Morgan fingerprint density at radius 3 is 2.45 bits per heavy atom. The summed E-state index contributed by atoms with van der Waals surface area (Å²) in [5.41, 5.74) is 1.04. The van der Waals surface area contributed by atoms with Crippen molar-refractivity contribution in [3.63, 3.8) is 0 Å². The maximum Gasteiger partial charge on any atom is 0.223 e. The van der Waals surface area contributed by atoms with Crippen molar-refractivity contribution in [1.82, 2.24) is 9.97 Å². The van der Waals surface area contributed by atoms with E-state index in [1.807, 2.05) is 6.92 Å². The van der Waals surface area contributed by atoms with Crippen LogP contribution in [0.4, 0.5) is 0 Å². The minimum atomic E-state index is -3.52. The van der Waals surface area contributed by atoms with Crippen molar-refractivity contribution in [2.75, 3.05) is 0 Å². The van der Waals surface area contributed by atoms with E-state index in [1.54, 1.807) is 24.3 Å². The van der Waals surface area contributed by atoms with Crippen LogP contribution >= 0.6 is 0 Å². The highest BCUT2D eigenvalue weighted by atomic mass is 32.2. The summed E-state index contributed by atoms with van der Waals surface area (Å²) in [5.74, 6) is 1.07. The molecule has 0 aliphatic carbocycles. The fourth-order valence-corrected chi connectivity index (χ4v) is 3.67. The van der Waals surface area contributed by atoms with Crippen LogP contribution in [0.3, 0.4) is 0 Å². The smallest absolute Gasteiger partial charge is 0.223 e. The highest BCUT2D eigenvalue weighted by Crippen LogP contribution is 2.26. The number of imidazole rings is 1. The summed E-state index contributed by atoms with van der Waals surface area (Å²) >= 11 is 0. The van der Waals surface area contributed by atoms with E-state index in [4.69, 9.17) is 0 Å². The zero-order valence-electron chi connectivity index (χ0n) is 13.5. The van der Waals surface area contributed by atoms with Crippen molar-refractivity contribution >= 4 is 9.84 Å². The lowest BCUT2D eigenvalue weighted by Crippen LogP contribution is -2.04. The Hall–Kier alpha value is -1.62. The number of nitrogens with one attached hydrogen (secondary N) is 1. The Balaban J connectivity index is 2.28. The van der Waals surface area contributed by atoms with Gasteiger partial charge in [-0.1, -0.05) is 44.4 Å². The number of aromatic nitrogens is 2. The Bertz CT molecular complexity index is 703. The predicted octanol–water partition coefficient (Wildman–Crippen LogP) is 4.23. The third-order valence-corrected chi connectivity index (χ3v) is 5.66. The van der Waals surface area contributed by atoms with Gasteiger partial charge in [0.05, 0.1) is 11.1 Å². The molecule has 0 bridgehead atoms. The number of rotatable bonds is 7. The molecule has 120 valence electrons. The van der Waals surface area contributed by atoms with E-state index in [2.05, 4.69) is 23.8 Å². The van der Waals surface area contributed by atoms with Crippen LogP contribution in [0.15, 0.2) is 40.4 Å². The summed E-state index contributed by atoms with van der Waals surface area (Å²) in [6, 6.07) is 6.89. The van der Waals surface area contributed by atoms with E-state index < -0.39 is 9.84 Å². The predicted molar refractivity (Wildman–Crippen MR) is 87.8 cm³/mol. The minimum absolute atomic E-state index is 0.182. The highest BCUT2D eigenvalue weighted by Gasteiger charge is 2.22. The number of nitrogens with zero attached hydrogens (tertiary/aromatic N) is 1. The molecule has 0 saturated carbocycles. The van der Waals surface area contributed by atoms with Gasteiger partial charge in [0.25, 0.3) is 0 Å². The number of benzene rings is 1. The first-order chi connectivity index (χ1) is 10.5. The second-order valence-electron chi connectivity index (χ2n) is 5.70. The molecule has 0 radical (unpaired) electrons. The van der Waals surface area contributed by atoms with Crippen LogP contribution in [0.1, 0.15) is 56.8 Å². The molecule has 22 heavy (non-hydrogen) atoms. The normalized spacial score (nSPS) is 13.2. The SMILES string of the molecule is CCCCC(CC)c1ncc(S(=O)(=O)c2ccc(C)cc2)[nH]1. The molecule has 1 aromatic heterocycles. The van der Waals surface area contributed by atoms with Crippen LogP contribution < -0.4 is 0 Å². The van der Waals surface area contributed by atoms with Gasteiger partial charge in [-0.2, -0.15) is 0 Å². The Morgan fingerprint density at radius 1 is 1.18 bits per heavy atom. The summed E-state index contributed by atoms with van der Waals surface area (Å²) in [4.78, 5) is 7.64. The third kappa shape index (κ3) is 3.58. The largest absolute Gasteiger partial charge is 0.333 e. The first-order valence-electron chi connectivity index (χ1n) is 7.85. The summed E-state index contributed by atoms with van der Waals surface area (Å²) in [5, 5.41) is 0.182. The molecule has 4 nitrogen and oxygen atoms in total. The van der Waals surface area contributed by atoms with E-state index in [9.17, 15) is 8.42 Å². The van der Waals surface area contributed by atoms with E-state index in [1.165, 1.54) is 6.20 Å². The van der Waals surface area contributed by atoms with Gasteiger partial charge in [-0.3, -0.25) is 0 Å². The summed E-state index contributed by atoms with van der Waals surface area (Å²) in [6.07, 6.45) is 5.69. The number of sulfone groups is 1. The van der Waals surface area contributed by atoms with Gasteiger partial charge in [0, 0.05) is 5.92 Å². The Morgan fingerprint density at radius 2 is 1.86 bits per heavy atom. The number of aryl methyl sites for hydroxylation is 1. The van der Waals surface area contributed by atoms with Gasteiger partial charge < -0.3 is 4.98 Å². The molecule has 5 heteroatoms. The summed E-state index contributed by atoms with van der Waals surface area (Å²) < 4.78 is 25.2. The maximum absolute atomic E-state index is 12.6. The molecular formula is C17H24N2O2S. The zero-order chi connectivity index (χ0) is 16.2. The molecular weight excluding hydrogens is 296 g/mol. The molecule has 1 atom stereocenters. The first-order valence-corrected chi connectivity index (χ1v) is 9.34. The van der Waals surface area contributed by atoms with E-state index in [-0.39, 0.29) is 5.03 Å². The zero-order valence-corrected chi connectivity index (χ0v) is 14.3. The van der Waals surface area contributed by atoms with Gasteiger partial charge in [-0.25, -0.2) is 13.4 Å². The number of aromatic amines is 1. The van der Waals surface area contributed by atoms with Crippen molar-refractivity contribution in [3.05, 3.63) is 41.9 Å². The van der Waals surface area contributed by atoms with Crippen LogP contribution in [0.25, 0.3) is 0 Å². The van der Waals surface area contributed by atoms with Crippen LogP contribution in [-0.4, -0.2) is 18.4 Å². The molecule has 0 aliphatic rings. The van der Waals surface area contributed by atoms with E-state index in [0.29, 0.717) is 10.8 Å². The van der Waals surface area contributed by atoms with Crippen LogP contribution in [0.5, 0.6) is 0 Å². The lowest BCUT2D eigenvalue weighted by atomic mass is 9.99. The lowest BCUT2D eigenvalue weighted by molar-refractivity contribution is 0.544. The van der Waals surface area contributed by atoms with Gasteiger partial charge in [-0.05, 0) is 31.9 Å². The summed E-state index contributed by atoms with van der Waals surface area (Å²) in [6.45, 7) is 6.20. The van der Waals surface area contributed by atoms with Gasteiger partial charge in [-0.15, -0.1) is 0 Å². The molecule has 0 saturated heterocycles. The van der Waals surface area contributed by atoms with Crippen LogP contribution in [0.2, 0.25) is 0 Å². The second-order valence-corrected chi connectivity index (χ2v) is 7.61. The van der Waals surface area contributed by atoms with Crippen LogP contribution in [0, 0.1) is 6.92 Å². The van der Waals surface area contributed by atoms with E-state index >= 15 is 0 Å². The summed E-state index contributed by atoms with van der Waals surface area (Å²) in [7, 11) is -3.52. The molecule has 0 fully saturated rings. The molecule has 0 spiro atoms. The Labute approximate surface area is 132 Å². The van der Waals surface area contributed by atoms with Crippen molar-refractivity contribution in [2.45, 2.75) is 62.3 Å². The molecule has 1 N–H and O–H groups in total. The third-order valence-electron chi connectivity index (χ3n) is 3.98. The standard InChI is InChI=1S/C17H24N2O2S/c1-4-6-7-14(5-2)17-18-12-16(19-17)22(20,21)15-10-8-13(3)9-11-15/h8-12,14H,4-7H2,1-3H3,(H,18,19). The lowest BCUT2D eigenvalue weighted by Gasteiger charge is -2.11. The average molecular weight is 320 g/mol. The Kier molecular flexibility index (Phi) is 5.40. The quantitative estimate of drug-likeness (QED) is 0.830. The van der Waals surface area contributed by atoms with Crippen molar-refractivity contribution in [2.24, 2.45) is 0 Å². The molecule has 2 rings (SSSR count). The molecule has 1 aromatic carbocycles. The molecule has 1 unspecified atom stereocenters. The van der Waals surface area contributed by atoms with Crippen molar-refractivity contribution < 1.29 is 8.42 Å². The minimum Gasteiger partial charge on any atom is -0.333 e. The molecule has 0 aliphatic heterocycles.